The molecule has 0 aliphatic carbocycles. The highest BCUT2D eigenvalue weighted by molar-refractivity contribution is 5.31. The zero-order valence-electron chi connectivity index (χ0n) is 11.6. The SMILES string of the molecule is CCC(C)(C)c1ccc(OCCC(N)CO)cc1. The van der Waals surface area contributed by atoms with Crippen molar-refractivity contribution in [2.45, 2.75) is 45.1 Å². The molecule has 102 valence electrons. The van der Waals surface area contributed by atoms with Crippen LogP contribution in [0.1, 0.15) is 39.2 Å². The lowest BCUT2D eigenvalue weighted by molar-refractivity contribution is 0.230. The maximum absolute atomic E-state index is 8.80. The van der Waals surface area contributed by atoms with Gasteiger partial charge in [0.2, 0.25) is 0 Å². The fraction of sp³-hybridized carbons (Fsp3) is 0.600. The van der Waals surface area contributed by atoms with Crippen molar-refractivity contribution in [1.29, 1.82) is 0 Å². The van der Waals surface area contributed by atoms with E-state index in [4.69, 9.17) is 15.6 Å². The fourth-order valence-corrected chi connectivity index (χ4v) is 1.63. The maximum Gasteiger partial charge on any atom is 0.119 e. The van der Waals surface area contributed by atoms with Crippen LogP contribution < -0.4 is 10.5 Å². The summed E-state index contributed by atoms with van der Waals surface area (Å²) in [7, 11) is 0. The van der Waals surface area contributed by atoms with Gasteiger partial charge in [-0.05, 0) is 36.0 Å². The first-order chi connectivity index (χ1) is 8.49. The highest BCUT2D eigenvalue weighted by Crippen LogP contribution is 2.27. The molecular formula is C15H25NO2. The summed E-state index contributed by atoms with van der Waals surface area (Å²) in [5.74, 6) is 0.857. The van der Waals surface area contributed by atoms with Gasteiger partial charge in [0.05, 0.1) is 13.2 Å². The molecule has 0 heterocycles. The van der Waals surface area contributed by atoms with E-state index in [1.165, 1.54) is 5.56 Å². The largest absolute Gasteiger partial charge is 0.494 e. The second-order valence-electron chi connectivity index (χ2n) is 5.34. The Morgan fingerprint density at radius 3 is 2.39 bits per heavy atom. The third kappa shape index (κ3) is 4.31. The lowest BCUT2D eigenvalue weighted by Gasteiger charge is -2.23. The summed E-state index contributed by atoms with van der Waals surface area (Å²) in [6, 6.07) is 8.03. The highest BCUT2D eigenvalue weighted by Gasteiger charge is 2.17. The van der Waals surface area contributed by atoms with Crippen molar-refractivity contribution in [3.05, 3.63) is 29.8 Å². The van der Waals surface area contributed by atoms with E-state index in [1.807, 2.05) is 12.1 Å². The normalized spacial score (nSPS) is 13.4. The van der Waals surface area contributed by atoms with Gasteiger partial charge in [-0.15, -0.1) is 0 Å². The Kier molecular flexibility index (Phi) is 5.63. The van der Waals surface area contributed by atoms with Gasteiger partial charge >= 0.3 is 0 Å². The first-order valence-corrected chi connectivity index (χ1v) is 6.59. The van der Waals surface area contributed by atoms with Crippen molar-refractivity contribution in [1.82, 2.24) is 0 Å². The van der Waals surface area contributed by atoms with Gasteiger partial charge in [-0.2, -0.15) is 0 Å². The molecular weight excluding hydrogens is 226 g/mol. The number of rotatable bonds is 7. The van der Waals surface area contributed by atoms with Crippen LogP contribution in [0.2, 0.25) is 0 Å². The molecule has 0 fully saturated rings. The summed E-state index contributed by atoms with van der Waals surface area (Å²) < 4.78 is 5.59. The average Bonchev–Trinajstić information content (AvgIpc) is 2.39. The van der Waals surface area contributed by atoms with Crippen LogP contribution in [0.5, 0.6) is 5.75 Å². The van der Waals surface area contributed by atoms with Gasteiger partial charge in [-0.1, -0.05) is 32.9 Å². The molecule has 0 spiro atoms. The van der Waals surface area contributed by atoms with Crippen LogP contribution in [0.3, 0.4) is 0 Å². The Labute approximate surface area is 110 Å². The number of benzene rings is 1. The third-order valence-corrected chi connectivity index (χ3v) is 3.51. The van der Waals surface area contributed by atoms with E-state index in [1.54, 1.807) is 0 Å². The lowest BCUT2D eigenvalue weighted by atomic mass is 9.82. The van der Waals surface area contributed by atoms with Gasteiger partial charge in [-0.3, -0.25) is 0 Å². The average molecular weight is 251 g/mol. The summed E-state index contributed by atoms with van der Waals surface area (Å²) in [4.78, 5) is 0. The summed E-state index contributed by atoms with van der Waals surface area (Å²) in [5, 5.41) is 8.80. The van der Waals surface area contributed by atoms with Gasteiger partial charge in [0, 0.05) is 6.04 Å². The smallest absolute Gasteiger partial charge is 0.119 e. The zero-order chi connectivity index (χ0) is 13.6. The molecule has 0 aliphatic rings. The van der Waals surface area contributed by atoms with Gasteiger partial charge in [0.1, 0.15) is 5.75 Å². The van der Waals surface area contributed by atoms with Gasteiger partial charge < -0.3 is 15.6 Å². The van der Waals surface area contributed by atoms with Gasteiger partial charge in [0.25, 0.3) is 0 Å². The second-order valence-corrected chi connectivity index (χ2v) is 5.34. The number of ether oxygens (including phenoxy) is 1. The second kappa shape index (κ2) is 6.76. The van der Waals surface area contributed by atoms with Crippen molar-refractivity contribution in [2.24, 2.45) is 5.73 Å². The Bertz CT molecular complexity index is 346. The first-order valence-electron chi connectivity index (χ1n) is 6.59. The monoisotopic (exact) mass is 251 g/mol. The van der Waals surface area contributed by atoms with Crippen LogP contribution >= 0.6 is 0 Å². The number of aliphatic hydroxyl groups is 1. The molecule has 0 saturated heterocycles. The Hall–Kier alpha value is -1.06. The highest BCUT2D eigenvalue weighted by atomic mass is 16.5. The molecule has 3 heteroatoms. The summed E-state index contributed by atoms with van der Waals surface area (Å²) in [6.45, 7) is 7.22. The quantitative estimate of drug-likeness (QED) is 0.782. The molecule has 0 aliphatic heterocycles. The van der Waals surface area contributed by atoms with Crippen LogP contribution in [0, 0.1) is 0 Å². The minimum absolute atomic E-state index is 0.00693. The van der Waals surface area contributed by atoms with Gasteiger partial charge in [-0.25, -0.2) is 0 Å². The van der Waals surface area contributed by atoms with Crippen molar-refractivity contribution in [3.63, 3.8) is 0 Å². The molecule has 0 bridgehead atoms. The number of hydrogen-bond donors (Lipinski definition) is 2. The van der Waals surface area contributed by atoms with Crippen molar-refractivity contribution >= 4 is 0 Å². The van der Waals surface area contributed by atoms with E-state index < -0.39 is 0 Å². The topological polar surface area (TPSA) is 55.5 Å². The van der Waals surface area contributed by atoms with Crippen LogP contribution in [0.4, 0.5) is 0 Å². The van der Waals surface area contributed by atoms with Crippen molar-refractivity contribution < 1.29 is 9.84 Å². The molecule has 3 N–H and O–H groups in total. The standard InChI is InChI=1S/C15H25NO2/c1-4-15(2,3)12-5-7-14(8-6-12)18-10-9-13(16)11-17/h5-8,13,17H,4,9-11,16H2,1-3H3. The fourth-order valence-electron chi connectivity index (χ4n) is 1.63. The van der Waals surface area contributed by atoms with Crippen LogP contribution in [0.15, 0.2) is 24.3 Å². The Morgan fingerprint density at radius 2 is 1.89 bits per heavy atom. The van der Waals surface area contributed by atoms with Crippen LogP contribution in [-0.4, -0.2) is 24.4 Å². The number of nitrogens with two attached hydrogens (primary N) is 1. The predicted molar refractivity (Wildman–Crippen MR) is 74.9 cm³/mol. The molecule has 1 rings (SSSR count). The predicted octanol–water partition coefficient (Wildman–Crippen LogP) is 2.46. The third-order valence-electron chi connectivity index (χ3n) is 3.51. The van der Waals surface area contributed by atoms with E-state index in [0.29, 0.717) is 13.0 Å². The molecule has 18 heavy (non-hydrogen) atoms. The molecule has 0 amide bonds. The molecule has 0 saturated carbocycles. The summed E-state index contributed by atoms with van der Waals surface area (Å²) in [6.07, 6.45) is 1.78. The Morgan fingerprint density at radius 1 is 1.28 bits per heavy atom. The van der Waals surface area contributed by atoms with Crippen LogP contribution in [-0.2, 0) is 5.41 Å². The lowest BCUT2D eigenvalue weighted by Crippen LogP contribution is -2.26. The van der Waals surface area contributed by atoms with Crippen molar-refractivity contribution in [2.75, 3.05) is 13.2 Å². The minimum atomic E-state index is -0.191. The van der Waals surface area contributed by atoms with E-state index in [0.717, 1.165) is 12.2 Å². The molecule has 1 unspecified atom stereocenters. The first kappa shape index (κ1) is 15.0. The number of aliphatic hydroxyl groups excluding tert-OH is 1. The summed E-state index contributed by atoms with van der Waals surface area (Å²) in [5.41, 5.74) is 7.14. The molecule has 1 aromatic carbocycles. The van der Waals surface area contributed by atoms with E-state index in [2.05, 4.69) is 32.9 Å². The van der Waals surface area contributed by atoms with Gasteiger partial charge in [0.15, 0.2) is 0 Å². The number of hydrogen-bond acceptors (Lipinski definition) is 3. The maximum atomic E-state index is 8.80. The van der Waals surface area contributed by atoms with E-state index in [9.17, 15) is 0 Å². The summed E-state index contributed by atoms with van der Waals surface area (Å²) >= 11 is 0. The molecule has 0 aromatic heterocycles. The van der Waals surface area contributed by atoms with E-state index >= 15 is 0 Å². The zero-order valence-corrected chi connectivity index (χ0v) is 11.6. The molecule has 3 nitrogen and oxygen atoms in total. The molecule has 1 aromatic rings. The molecule has 0 radical (unpaired) electrons. The van der Waals surface area contributed by atoms with E-state index in [-0.39, 0.29) is 18.1 Å². The van der Waals surface area contributed by atoms with Crippen molar-refractivity contribution in [3.8, 4) is 5.75 Å². The Balaban J connectivity index is 2.51. The molecule has 1 atom stereocenters. The van der Waals surface area contributed by atoms with Crippen LogP contribution in [0.25, 0.3) is 0 Å². The minimum Gasteiger partial charge on any atom is -0.494 e.